The summed E-state index contributed by atoms with van der Waals surface area (Å²) in [6.45, 7) is 0. The van der Waals surface area contributed by atoms with Gasteiger partial charge in [0, 0.05) is 43.6 Å². The number of nitrogens with zero attached hydrogens (tertiary/aromatic N) is 3. The van der Waals surface area contributed by atoms with E-state index in [2.05, 4.69) is 178 Å². The molecule has 1 aliphatic heterocycles. The van der Waals surface area contributed by atoms with Crippen LogP contribution < -0.4 is 5.32 Å². The summed E-state index contributed by atoms with van der Waals surface area (Å²) in [7, 11) is 0. The maximum Gasteiger partial charge on any atom is 0.209 e. The average Bonchev–Trinajstić information content (AvgIpc) is 3.85. The quantitative estimate of drug-likeness (QED) is 0.206. The van der Waals surface area contributed by atoms with Gasteiger partial charge in [0.25, 0.3) is 0 Å². The predicted molar refractivity (Wildman–Crippen MR) is 211 cm³/mol. The number of benzene rings is 7. The van der Waals surface area contributed by atoms with Gasteiger partial charge in [-0.1, -0.05) is 115 Å². The first-order valence-electron chi connectivity index (χ1n) is 17.3. The highest BCUT2D eigenvalue weighted by molar-refractivity contribution is 6.31. The molecule has 11 rings (SSSR count). The molecule has 3 aromatic heterocycles. The number of aromatic nitrogens is 2. The van der Waals surface area contributed by atoms with Crippen LogP contribution in [0.3, 0.4) is 0 Å². The third kappa shape index (κ3) is 4.18. The van der Waals surface area contributed by atoms with Gasteiger partial charge in [0.15, 0.2) is 0 Å². The molecular weight excluding hydrogens is 625 g/mol. The number of fused-ring (bicyclic) bond motifs is 10. The highest BCUT2D eigenvalue weighted by Gasteiger charge is 2.26. The second-order valence-corrected chi connectivity index (χ2v) is 13.2. The normalized spacial score (nSPS) is 14.9. The number of nitrogens with one attached hydrogen (secondary N) is 1. The van der Waals surface area contributed by atoms with E-state index >= 15 is 0 Å². The summed E-state index contributed by atoms with van der Waals surface area (Å²) in [5, 5.41) is 10.8. The first kappa shape index (κ1) is 28.0. The number of aliphatic imine (C=N–C) groups is 1. The molecule has 0 radical (unpaired) electrons. The third-order valence-corrected chi connectivity index (χ3v) is 10.4. The summed E-state index contributed by atoms with van der Waals surface area (Å²) in [5.41, 5.74) is 10.5. The Bertz CT molecular complexity index is 3040. The maximum absolute atomic E-state index is 6.47. The van der Waals surface area contributed by atoms with E-state index in [0.717, 1.165) is 72.2 Å². The number of rotatable bonds is 3. The van der Waals surface area contributed by atoms with Crippen LogP contribution in [0.5, 0.6) is 0 Å². The Labute approximate surface area is 293 Å². The standard InChI is InChI=1S/C46H30N4O/c1-4-14-29(15-5-1)36-27-37(30-16-6-2-7-17-30)48-46(47-36)50-39-24-25-43-45(33-21-11-13-23-42(33)51-43)44(39)35-26-34-32-20-10-12-22-38(32)49(40(34)28-41(35)50)31-18-8-3-9-19-31/h1-28,36H,(H,47,48). The van der Waals surface area contributed by atoms with E-state index in [-0.39, 0.29) is 6.04 Å². The van der Waals surface area contributed by atoms with Crippen LogP contribution in [0.25, 0.3) is 76.9 Å². The molecule has 0 bridgehead atoms. The van der Waals surface area contributed by atoms with Gasteiger partial charge in [0.2, 0.25) is 5.96 Å². The fourth-order valence-corrected chi connectivity index (χ4v) is 8.11. The molecule has 5 nitrogen and oxygen atoms in total. The largest absolute Gasteiger partial charge is 0.456 e. The molecule has 1 N–H and O–H groups in total. The predicted octanol–water partition coefficient (Wildman–Crippen LogP) is 11.4. The molecule has 0 fully saturated rings. The first-order valence-corrected chi connectivity index (χ1v) is 17.3. The Hall–Kier alpha value is -6.85. The molecule has 5 heteroatoms. The fraction of sp³-hybridized carbons (Fsp3) is 0.0217. The minimum atomic E-state index is -0.0839. The van der Waals surface area contributed by atoms with Gasteiger partial charge >= 0.3 is 0 Å². The van der Waals surface area contributed by atoms with Gasteiger partial charge in [0.05, 0.1) is 33.8 Å². The monoisotopic (exact) mass is 654 g/mol. The molecule has 240 valence electrons. The second-order valence-electron chi connectivity index (χ2n) is 13.2. The van der Waals surface area contributed by atoms with Gasteiger partial charge in [-0.15, -0.1) is 0 Å². The first-order chi connectivity index (χ1) is 25.3. The van der Waals surface area contributed by atoms with Crippen molar-refractivity contribution in [1.29, 1.82) is 0 Å². The van der Waals surface area contributed by atoms with Gasteiger partial charge in [0.1, 0.15) is 11.2 Å². The molecule has 0 spiro atoms. The average molecular weight is 655 g/mol. The maximum atomic E-state index is 6.47. The lowest BCUT2D eigenvalue weighted by atomic mass is 10.0. The highest BCUT2D eigenvalue weighted by atomic mass is 16.3. The van der Waals surface area contributed by atoms with Gasteiger partial charge < -0.3 is 14.3 Å². The molecule has 0 saturated carbocycles. The summed E-state index contributed by atoms with van der Waals surface area (Å²) in [5.74, 6) is 0.777. The van der Waals surface area contributed by atoms with E-state index in [9.17, 15) is 0 Å². The zero-order chi connectivity index (χ0) is 33.5. The van der Waals surface area contributed by atoms with E-state index < -0.39 is 0 Å². The molecule has 0 saturated heterocycles. The molecule has 1 unspecified atom stereocenters. The Kier molecular flexibility index (Phi) is 5.95. The van der Waals surface area contributed by atoms with Crippen molar-refractivity contribution in [3.63, 3.8) is 0 Å². The van der Waals surface area contributed by atoms with Crippen LogP contribution in [0.2, 0.25) is 0 Å². The van der Waals surface area contributed by atoms with Crippen LogP contribution in [0.15, 0.2) is 179 Å². The van der Waals surface area contributed by atoms with Crippen molar-refractivity contribution >= 4 is 77.2 Å². The van der Waals surface area contributed by atoms with E-state index in [1.165, 1.54) is 21.9 Å². The van der Waals surface area contributed by atoms with Gasteiger partial charge in [-0.3, -0.25) is 4.57 Å². The molecule has 0 aliphatic carbocycles. The fourth-order valence-electron chi connectivity index (χ4n) is 8.11. The van der Waals surface area contributed by atoms with Crippen molar-refractivity contribution in [3.8, 4) is 5.69 Å². The molecule has 0 amide bonds. The minimum Gasteiger partial charge on any atom is -0.456 e. The molecular formula is C46H30N4O. The van der Waals surface area contributed by atoms with E-state index in [4.69, 9.17) is 9.41 Å². The number of hydrogen-bond donors (Lipinski definition) is 1. The van der Waals surface area contributed by atoms with Gasteiger partial charge in [-0.05, 0) is 60.2 Å². The third-order valence-electron chi connectivity index (χ3n) is 10.4. The van der Waals surface area contributed by atoms with Crippen LogP contribution in [0.1, 0.15) is 17.2 Å². The van der Waals surface area contributed by atoms with Crippen molar-refractivity contribution in [2.45, 2.75) is 6.04 Å². The Morgan fingerprint density at radius 2 is 1.18 bits per heavy atom. The molecule has 7 aromatic carbocycles. The smallest absolute Gasteiger partial charge is 0.209 e. The summed E-state index contributed by atoms with van der Waals surface area (Å²) in [6.07, 6.45) is 2.23. The van der Waals surface area contributed by atoms with Crippen molar-refractivity contribution in [1.82, 2.24) is 14.5 Å². The topological polar surface area (TPSA) is 47.4 Å². The zero-order valence-corrected chi connectivity index (χ0v) is 27.5. The molecule has 1 aliphatic rings. The number of furan rings is 1. The van der Waals surface area contributed by atoms with Crippen molar-refractivity contribution in [3.05, 3.63) is 181 Å². The van der Waals surface area contributed by atoms with Crippen molar-refractivity contribution in [2.24, 2.45) is 4.99 Å². The Morgan fingerprint density at radius 1 is 0.490 bits per heavy atom. The lowest BCUT2D eigenvalue weighted by Crippen LogP contribution is -2.35. The van der Waals surface area contributed by atoms with Gasteiger partial charge in [-0.2, -0.15) is 0 Å². The van der Waals surface area contributed by atoms with Crippen molar-refractivity contribution in [2.75, 3.05) is 0 Å². The Balaban J connectivity index is 1.29. The summed E-state index contributed by atoms with van der Waals surface area (Å²) >= 11 is 0. The van der Waals surface area contributed by atoms with Crippen LogP contribution >= 0.6 is 0 Å². The minimum absolute atomic E-state index is 0.0839. The zero-order valence-electron chi connectivity index (χ0n) is 27.5. The van der Waals surface area contributed by atoms with E-state index in [1.54, 1.807) is 0 Å². The molecule has 4 heterocycles. The Morgan fingerprint density at radius 3 is 2.00 bits per heavy atom. The summed E-state index contributed by atoms with van der Waals surface area (Å²) in [4.78, 5) is 5.40. The van der Waals surface area contributed by atoms with Crippen LogP contribution in [-0.2, 0) is 0 Å². The van der Waals surface area contributed by atoms with Crippen LogP contribution in [0, 0.1) is 0 Å². The van der Waals surface area contributed by atoms with Gasteiger partial charge in [-0.25, -0.2) is 4.99 Å². The van der Waals surface area contributed by atoms with Crippen LogP contribution in [0.4, 0.5) is 0 Å². The lowest BCUT2D eigenvalue weighted by Gasteiger charge is -2.25. The highest BCUT2D eigenvalue weighted by Crippen LogP contribution is 2.43. The summed E-state index contributed by atoms with van der Waals surface area (Å²) < 4.78 is 11.2. The van der Waals surface area contributed by atoms with Crippen molar-refractivity contribution < 1.29 is 4.42 Å². The second kappa shape index (κ2) is 10.8. The number of para-hydroxylation sites is 3. The van der Waals surface area contributed by atoms with Crippen LogP contribution in [-0.4, -0.2) is 15.1 Å². The lowest BCUT2D eigenvalue weighted by molar-refractivity contribution is 0.669. The molecule has 51 heavy (non-hydrogen) atoms. The summed E-state index contributed by atoms with van der Waals surface area (Å²) in [6, 6.07) is 57.7. The molecule has 1 atom stereocenters. The SMILES string of the molecule is C1=C(c2ccccc2)N=C(n2c3cc4c(cc3c3c5c(ccc32)oc2ccccc25)c2ccccc2n4-c2ccccc2)NC1c1ccccc1. The molecule has 10 aromatic rings. The van der Waals surface area contributed by atoms with E-state index in [0.29, 0.717) is 0 Å². The number of hydrogen-bond acceptors (Lipinski definition) is 3. The van der Waals surface area contributed by atoms with E-state index in [1.807, 2.05) is 6.07 Å².